The van der Waals surface area contributed by atoms with Crippen molar-refractivity contribution >= 4 is 29.3 Å². The molecule has 11 nitrogen and oxygen atoms in total. The summed E-state index contributed by atoms with van der Waals surface area (Å²) in [5, 5.41) is 13.3. The molecule has 1 unspecified atom stereocenters. The Morgan fingerprint density at radius 3 is 2.70 bits per heavy atom. The summed E-state index contributed by atoms with van der Waals surface area (Å²) in [6.07, 6.45) is 6.14. The van der Waals surface area contributed by atoms with Crippen LogP contribution in [-0.4, -0.2) is 83.6 Å². The van der Waals surface area contributed by atoms with Gasteiger partial charge in [-0.05, 0) is 45.6 Å². The third-order valence-electron chi connectivity index (χ3n) is 5.96. The van der Waals surface area contributed by atoms with Crippen molar-refractivity contribution in [2.45, 2.75) is 32.7 Å². The van der Waals surface area contributed by atoms with Crippen LogP contribution in [0, 0.1) is 5.82 Å². The predicted octanol–water partition coefficient (Wildman–Crippen LogP) is 3.46. The van der Waals surface area contributed by atoms with Gasteiger partial charge in [-0.2, -0.15) is 4.98 Å². The number of nitrogens with zero attached hydrogens (tertiary/aromatic N) is 5. The lowest BCUT2D eigenvalue weighted by molar-refractivity contribution is -0.135. The fraction of sp³-hybridized carbons (Fsp3) is 0.393. The molecule has 40 heavy (non-hydrogen) atoms. The number of anilines is 3. The molecule has 0 aliphatic heterocycles. The maximum Gasteiger partial charge on any atom is 0.246 e. The molecule has 0 saturated heterocycles. The highest BCUT2D eigenvalue weighted by Crippen LogP contribution is 2.27. The highest BCUT2D eigenvalue weighted by Gasteiger charge is 2.21. The molecule has 0 bridgehead atoms. The monoisotopic (exact) mass is 552 g/mol. The molecule has 0 spiro atoms. The fourth-order valence-corrected chi connectivity index (χ4v) is 3.57. The van der Waals surface area contributed by atoms with Gasteiger partial charge in [0.1, 0.15) is 29.1 Å². The van der Waals surface area contributed by atoms with Crippen molar-refractivity contribution in [2.24, 2.45) is 0 Å². The third kappa shape index (κ3) is 8.87. The minimum atomic E-state index is -0.634. The third-order valence-corrected chi connectivity index (χ3v) is 5.96. The van der Waals surface area contributed by atoms with Crippen molar-refractivity contribution in [3.63, 3.8) is 0 Å². The van der Waals surface area contributed by atoms with Gasteiger partial charge >= 0.3 is 0 Å². The summed E-state index contributed by atoms with van der Waals surface area (Å²) < 4.78 is 19.0. The number of aromatic nitrogens is 3. The first-order chi connectivity index (χ1) is 19.2. The Bertz CT molecular complexity index is 1310. The van der Waals surface area contributed by atoms with Crippen LogP contribution in [0.15, 0.2) is 53.2 Å². The van der Waals surface area contributed by atoms with E-state index in [0.717, 1.165) is 6.42 Å². The van der Waals surface area contributed by atoms with E-state index in [9.17, 15) is 14.0 Å². The number of hydrogen-bond donors (Lipinski definition) is 3. The molecule has 2 heterocycles. The van der Waals surface area contributed by atoms with Crippen LogP contribution in [0.1, 0.15) is 26.0 Å². The van der Waals surface area contributed by atoms with Crippen molar-refractivity contribution in [3.05, 3.63) is 60.3 Å². The average Bonchev–Trinajstić information content (AvgIpc) is 3.39. The van der Waals surface area contributed by atoms with Crippen molar-refractivity contribution in [2.75, 3.05) is 51.4 Å². The van der Waals surface area contributed by atoms with Crippen LogP contribution in [-0.2, 0) is 16.0 Å². The SMILES string of the molecule is CCCNc1nc(Nc2cccc(F)c2)ncc1-c1cc(CCNC(=O)C(C)N(C)C(=O)/C=C/CN(C)C)on1. The number of carbonyl (C=O) groups excluding carboxylic acids is 2. The van der Waals surface area contributed by atoms with Gasteiger partial charge in [-0.15, -0.1) is 0 Å². The van der Waals surface area contributed by atoms with Crippen LogP contribution in [0.4, 0.5) is 21.8 Å². The van der Waals surface area contributed by atoms with Gasteiger partial charge in [0.15, 0.2) is 0 Å². The number of halogens is 1. The zero-order valence-corrected chi connectivity index (χ0v) is 23.6. The number of hydrogen-bond acceptors (Lipinski definition) is 9. The van der Waals surface area contributed by atoms with Crippen molar-refractivity contribution in [1.29, 1.82) is 0 Å². The van der Waals surface area contributed by atoms with Gasteiger partial charge in [-0.25, -0.2) is 9.37 Å². The van der Waals surface area contributed by atoms with Crippen LogP contribution >= 0.6 is 0 Å². The Labute approximate surface area is 233 Å². The van der Waals surface area contributed by atoms with E-state index in [1.807, 2.05) is 25.9 Å². The summed E-state index contributed by atoms with van der Waals surface area (Å²) >= 11 is 0. The summed E-state index contributed by atoms with van der Waals surface area (Å²) in [5.41, 5.74) is 1.72. The zero-order chi connectivity index (χ0) is 29.1. The fourth-order valence-electron chi connectivity index (χ4n) is 3.57. The second-order valence-corrected chi connectivity index (χ2v) is 9.53. The van der Waals surface area contributed by atoms with Gasteiger partial charge < -0.3 is 30.3 Å². The summed E-state index contributed by atoms with van der Waals surface area (Å²) in [5.74, 6) is 0.575. The Balaban J connectivity index is 1.60. The van der Waals surface area contributed by atoms with E-state index >= 15 is 0 Å². The van der Waals surface area contributed by atoms with E-state index in [1.165, 1.54) is 23.1 Å². The molecule has 3 N–H and O–H groups in total. The second-order valence-electron chi connectivity index (χ2n) is 9.53. The van der Waals surface area contributed by atoms with Crippen molar-refractivity contribution < 1.29 is 18.5 Å². The molecule has 0 aliphatic carbocycles. The van der Waals surface area contributed by atoms with E-state index in [-0.39, 0.29) is 17.6 Å². The quantitative estimate of drug-likeness (QED) is 0.258. The number of benzene rings is 1. The first kappa shape index (κ1) is 30.2. The number of nitrogens with one attached hydrogen (secondary N) is 3. The van der Waals surface area contributed by atoms with Gasteiger partial charge in [-0.3, -0.25) is 9.59 Å². The van der Waals surface area contributed by atoms with E-state index in [4.69, 9.17) is 4.52 Å². The normalized spacial score (nSPS) is 12.0. The molecule has 3 rings (SSSR count). The standard InChI is InChI=1S/C28H37FN8O3/c1-6-13-30-26-23(18-32-28(34-26)33-21-10-7-9-20(29)16-21)24-17-22(40-35-24)12-14-31-27(39)19(2)37(5)25(38)11-8-15-36(3)4/h7-11,16-19H,6,12-15H2,1-5H3,(H,31,39)(H2,30,32,33,34)/b11-8+. The van der Waals surface area contributed by atoms with Crippen LogP contribution in [0.2, 0.25) is 0 Å². The second kappa shape index (κ2) is 14.7. The zero-order valence-electron chi connectivity index (χ0n) is 23.6. The molecule has 1 atom stereocenters. The van der Waals surface area contributed by atoms with Crippen LogP contribution in [0.3, 0.4) is 0 Å². The Hall–Kier alpha value is -4.32. The van der Waals surface area contributed by atoms with Gasteiger partial charge in [0.25, 0.3) is 0 Å². The Kier molecular flexibility index (Phi) is 11.1. The lowest BCUT2D eigenvalue weighted by Crippen LogP contribution is -2.45. The number of likely N-dealkylation sites (N-methyl/N-ethyl adjacent to an activating group) is 2. The summed E-state index contributed by atoms with van der Waals surface area (Å²) in [4.78, 5) is 37.1. The average molecular weight is 553 g/mol. The van der Waals surface area contributed by atoms with Gasteiger partial charge in [0.05, 0.1) is 5.56 Å². The number of amides is 2. The number of carbonyl (C=O) groups is 2. The maximum atomic E-state index is 13.6. The smallest absolute Gasteiger partial charge is 0.246 e. The molecule has 0 saturated carbocycles. The first-order valence-electron chi connectivity index (χ1n) is 13.1. The van der Waals surface area contributed by atoms with Gasteiger partial charge in [0, 0.05) is 57.1 Å². The largest absolute Gasteiger partial charge is 0.369 e. The number of rotatable bonds is 14. The highest BCUT2D eigenvalue weighted by molar-refractivity contribution is 5.92. The van der Waals surface area contributed by atoms with Crippen LogP contribution in [0.5, 0.6) is 0 Å². The maximum absolute atomic E-state index is 13.6. The van der Waals surface area contributed by atoms with Crippen LogP contribution in [0.25, 0.3) is 11.3 Å². The topological polar surface area (TPSA) is 129 Å². The van der Waals surface area contributed by atoms with E-state index < -0.39 is 6.04 Å². The minimum Gasteiger partial charge on any atom is -0.369 e. The molecule has 3 aromatic rings. The predicted molar refractivity (Wildman–Crippen MR) is 153 cm³/mol. The molecule has 0 aliphatic rings. The van der Waals surface area contributed by atoms with E-state index in [0.29, 0.717) is 60.5 Å². The van der Waals surface area contributed by atoms with Gasteiger partial charge in [-0.1, -0.05) is 24.2 Å². The minimum absolute atomic E-state index is 0.240. The Morgan fingerprint density at radius 1 is 1.18 bits per heavy atom. The van der Waals surface area contributed by atoms with Crippen molar-refractivity contribution in [3.8, 4) is 11.3 Å². The molecule has 0 fully saturated rings. The Morgan fingerprint density at radius 2 is 1.98 bits per heavy atom. The van der Waals surface area contributed by atoms with Gasteiger partial charge in [0.2, 0.25) is 17.8 Å². The molecule has 0 radical (unpaired) electrons. The molecule has 12 heteroatoms. The lowest BCUT2D eigenvalue weighted by Gasteiger charge is -2.22. The van der Waals surface area contributed by atoms with E-state index in [2.05, 4.69) is 31.1 Å². The molecule has 2 amide bonds. The highest BCUT2D eigenvalue weighted by atomic mass is 19.1. The summed E-state index contributed by atoms with van der Waals surface area (Å²) in [6.45, 7) is 5.35. The molecular formula is C28H37FN8O3. The molecule has 214 valence electrons. The summed E-state index contributed by atoms with van der Waals surface area (Å²) in [7, 11) is 5.42. The molecule has 1 aromatic carbocycles. The molecule has 2 aromatic heterocycles. The molecular weight excluding hydrogens is 515 g/mol. The lowest BCUT2D eigenvalue weighted by atomic mass is 10.2. The van der Waals surface area contributed by atoms with Crippen LogP contribution < -0.4 is 16.0 Å². The van der Waals surface area contributed by atoms with E-state index in [1.54, 1.807) is 44.4 Å². The summed E-state index contributed by atoms with van der Waals surface area (Å²) in [6, 6.07) is 7.19. The first-order valence-corrected chi connectivity index (χ1v) is 13.1. The van der Waals surface area contributed by atoms with Crippen molar-refractivity contribution in [1.82, 2.24) is 30.2 Å².